The van der Waals surface area contributed by atoms with Gasteiger partial charge in [-0.1, -0.05) is 49.5 Å². The molecule has 1 atom stereocenters. The van der Waals surface area contributed by atoms with E-state index in [1.54, 1.807) is 18.2 Å². The van der Waals surface area contributed by atoms with Crippen molar-refractivity contribution in [3.63, 3.8) is 0 Å². The molecular formula is C26H34Cl2FN3O4S. The number of anilines is 1. The molecular weight excluding hydrogens is 540 g/mol. The summed E-state index contributed by atoms with van der Waals surface area (Å²) in [5, 5.41) is 3.62. The van der Waals surface area contributed by atoms with Gasteiger partial charge in [0.05, 0.1) is 22.0 Å². The van der Waals surface area contributed by atoms with Crippen LogP contribution in [0.5, 0.6) is 0 Å². The van der Waals surface area contributed by atoms with Crippen LogP contribution in [0.3, 0.4) is 0 Å². The molecule has 37 heavy (non-hydrogen) atoms. The van der Waals surface area contributed by atoms with E-state index in [9.17, 15) is 22.4 Å². The zero-order chi connectivity index (χ0) is 27.6. The summed E-state index contributed by atoms with van der Waals surface area (Å²) in [5.41, 5.74) is 1.03. The maximum Gasteiger partial charge on any atom is 0.242 e. The summed E-state index contributed by atoms with van der Waals surface area (Å²) >= 11 is 12.2. The number of carbonyl (C=O) groups excluding carboxylic acids is 2. The van der Waals surface area contributed by atoms with Crippen LogP contribution in [0.2, 0.25) is 10.0 Å². The zero-order valence-electron chi connectivity index (χ0n) is 21.3. The fourth-order valence-corrected chi connectivity index (χ4v) is 5.16. The van der Waals surface area contributed by atoms with Gasteiger partial charge in [-0.3, -0.25) is 13.9 Å². The molecule has 0 bridgehead atoms. The van der Waals surface area contributed by atoms with Gasteiger partial charge in [0.25, 0.3) is 0 Å². The number of unbranched alkanes of at least 4 members (excludes halogenated alkanes) is 1. The van der Waals surface area contributed by atoms with Crippen LogP contribution in [0.4, 0.5) is 10.1 Å². The zero-order valence-corrected chi connectivity index (χ0v) is 23.7. The Kier molecular flexibility index (Phi) is 12.1. The first kappa shape index (κ1) is 30.9. The first-order chi connectivity index (χ1) is 17.5. The SMILES string of the molecule is CCCCNC(=O)C(CC)N(Cc1ccc(Cl)c(Cl)c1)C(=O)CCCN(c1ccc(F)cc1)S(C)(=O)=O. The molecule has 7 nitrogen and oxygen atoms in total. The van der Waals surface area contributed by atoms with E-state index in [0.717, 1.165) is 23.4 Å². The lowest BCUT2D eigenvalue weighted by Gasteiger charge is -2.31. The number of nitrogens with one attached hydrogen (secondary N) is 1. The summed E-state index contributed by atoms with van der Waals surface area (Å²) in [5.74, 6) is -1.02. The minimum atomic E-state index is -3.66. The number of benzene rings is 2. The number of sulfonamides is 1. The Morgan fingerprint density at radius 1 is 1.03 bits per heavy atom. The third-order valence-corrected chi connectivity index (χ3v) is 7.75. The molecule has 1 N–H and O–H groups in total. The molecule has 0 aliphatic rings. The second-order valence-electron chi connectivity index (χ2n) is 8.75. The van der Waals surface area contributed by atoms with Crippen LogP contribution in [0.1, 0.15) is 51.5 Å². The summed E-state index contributed by atoms with van der Waals surface area (Å²) in [6.45, 7) is 4.54. The lowest BCUT2D eigenvalue weighted by Crippen LogP contribution is -2.49. The van der Waals surface area contributed by atoms with E-state index in [1.165, 1.54) is 29.2 Å². The quantitative estimate of drug-likeness (QED) is 0.306. The summed E-state index contributed by atoms with van der Waals surface area (Å²) < 4.78 is 39.2. The van der Waals surface area contributed by atoms with E-state index in [0.29, 0.717) is 34.3 Å². The topological polar surface area (TPSA) is 86.8 Å². The lowest BCUT2D eigenvalue weighted by atomic mass is 10.1. The van der Waals surface area contributed by atoms with E-state index in [2.05, 4.69) is 5.32 Å². The number of nitrogens with zero attached hydrogens (tertiary/aromatic N) is 2. The van der Waals surface area contributed by atoms with Crippen molar-refractivity contribution in [3.05, 3.63) is 63.9 Å². The molecule has 2 aromatic carbocycles. The van der Waals surface area contributed by atoms with Crippen LogP contribution < -0.4 is 9.62 Å². The summed E-state index contributed by atoms with van der Waals surface area (Å²) in [7, 11) is -3.66. The molecule has 0 saturated carbocycles. The monoisotopic (exact) mass is 573 g/mol. The van der Waals surface area contributed by atoms with E-state index in [1.807, 2.05) is 13.8 Å². The van der Waals surface area contributed by atoms with Crippen LogP contribution in [0.15, 0.2) is 42.5 Å². The Labute approximate surface area is 229 Å². The average molecular weight is 575 g/mol. The molecule has 2 rings (SSSR count). The Hall–Kier alpha value is -2.36. The molecule has 0 aliphatic carbocycles. The molecule has 2 amide bonds. The van der Waals surface area contributed by atoms with Crippen LogP contribution >= 0.6 is 23.2 Å². The molecule has 0 radical (unpaired) electrons. The summed E-state index contributed by atoms with van der Waals surface area (Å²) in [6.07, 6.45) is 3.42. The molecule has 0 heterocycles. The van der Waals surface area contributed by atoms with Gasteiger partial charge in [-0.25, -0.2) is 12.8 Å². The van der Waals surface area contributed by atoms with E-state index in [4.69, 9.17) is 23.2 Å². The second kappa shape index (κ2) is 14.5. The highest BCUT2D eigenvalue weighted by molar-refractivity contribution is 7.92. The molecule has 0 aromatic heterocycles. The highest BCUT2D eigenvalue weighted by atomic mass is 35.5. The number of carbonyl (C=O) groups is 2. The molecule has 1 unspecified atom stereocenters. The number of rotatable bonds is 14. The lowest BCUT2D eigenvalue weighted by molar-refractivity contribution is -0.141. The van der Waals surface area contributed by atoms with E-state index in [-0.39, 0.29) is 37.7 Å². The summed E-state index contributed by atoms with van der Waals surface area (Å²) in [6, 6.07) is 9.45. The first-order valence-corrected chi connectivity index (χ1v) is 14.8. The van der Waals surface area contributed by atoms with Crippen molar-refractivity contribution in [2.45, 2.75) is 58.5 Å². The number of hydrogen-bond acceptors (Lipinski definition) is 4. The van der Waals surface area contributed by atoms with Crippen molar-refractivity contribution >= 4 is 50.7 Å². The largest absolute Gasteiger partial charge is 0.354 e. The molecule has 11 heteroatoms. The van der Waals surface area contributed by atoms with E-state index >= 15 is 0 Å². The highest BCUT2D eigenvalue weighted by Crippen LogP contribution is 2.25. The number of hydrogen-bond donors (Lipinski definition) is 1. The van der Waals surface area contributed by atoms with Gasteiger partial charge in [-0.15, -0.1) is 0 Å². The standard InChI is InChI=1S/C26H34Cl2FN3O4S/c1-4-6-15-30-26(34)24(5-2)31(18-19-9-14-22(27)23(28)17-19)25(33)8-7-16-32(37(3,35)36)21-12-10-20(29)11-13-21/h9-14,17,24H,4-8,15-16,18H2,1-3H3,(H,30,34). The van der Waals surface area contributed by atoms with Gasteiger partial charge in [-0.05, 0) is 61.2 Å². The molecule has 0 saturated heterocycles. The van der Waals surface area contributed by atoms with Crippen molar-refractivity contribution in [1.82, 2.24) is 10.2 Å². The smallest absolute Gasteiger partial charge is 0.242 e. The Morgan fingerprint density at radius 2 is 1.70 bits per heavy atom. The third-order valence-electron chi connectivity index (χ3n) is 5.82. The van der Waals surface area contributed by atoms with E-state index < -0.39 is 21.9 Å². The van der Waals surface area contributed by atoms with Crippen LogP contribution in [-0.2, 0) is 26.2 Å². The molecule has 204 valence electrons. The van der Waals surface area contributed by atoms with Crippen LogP contribution in [0.25, 0.3) is 0 Å². The Balaban J connectivity index is 2.21. The predicted molar refractivity (Wildman–Crippen MR) is 147 cm³/mol. The minimum absolute atomic E-state index is 0.00722. The average Bonchev–Trinajstić information content (AvgIpc) is 2.84. The Bertz CT molecular complexity index is 1160. The van der Waals surface area contributed by atoms with Crippen LogP contribution in [0, 0.1) is 5.82 Å². The molecule has 0 aliphatic heterocycles. The second-order valence-corrected chi connectivity index (χ2v) is 11.5. The van der Waals surface area contributed by atoms with Gasteiger partial charge in [0.2, 0.25) is 21.8 Å². The van der Waals surface area contributed by atoms with Gasteiger partial charge in [-0.2, -0.15) is 0 Å². The predicted octanol–water partition coefficient (Wildman–Crippen LogP) is 5.40. The number of amides is 2. The maximum absolute atomic E-state index is 13.4. The Morgan fingerprint density at radius 3 is 2.27 bits per heavy atom. The highest BCUT2D eigenvalue weighted by Gasteiger charge is 2.29. The van der Waals surface area contributed by atoms with Crippen LogP contribution in [-0.4, -0.2) is 50.5 Å². The molecule has 2 aromatic rings. The maximum atomic E-state index is 13.4. The van der Waals surface area contributed by atoms with Gasteiger partial charge >= 0.3 is 0 Å². The van der Waals surface area contributed by atoms with Crippen molar-refractivity contribution in [2.75, 3.05) is 23.7 Å². The van der Waals surface area contributed by atoms with Gasteiger partial charge in [0.15, 0.2) is 0 Å². The summed E-state index contributed by atoms with van der Waals surface area (Å²) in [4.78, 5) is 27.9. The fourth-order valence-electron chi connectivity index (χ4n) is 3.87. The van der Waals surface area contributed by atoms with Crippen molar-refractivity contribution < 1.29 is 22.4 Å². The molecule has 0 spiro atoms. The first-order valence-electron chi connectivity index (χ1n) is 12.2. The normalized spacial score (nSPS) is 12.2. The fraction of sp³-hybridized carbons (Fsp3) is 0.462. The van der Waals surface area contributed by atoms with Crippen molar-refractivity contribution in [3.8, 4) is 0 Å². The van der Waals surface area contributed by atoms with Gasteiger partial charge in [0.1, 0.15) is 11.9 Å². The minimum Gasteiger partial charge on any atom is -0.354 e. The van der Waals surface area contributed by atoms with Gasteiger partial charge < -0.3 is 10.2 Å². The van der Waals surface area contributed by atoms with Crippen molar-refractivity contribution in [2.24, 2.45) is 0 Å². The number of halogens is 3. The van der Waals surface area contributed by atoms with Gasteiger partial charge in [0, 0.05) is 26.1 Å². The third kappa shape index (κ3) is 9.47. The van der Waals surface area contributed by atoms with Crippen molar-refractivity contribution in [1.29, 1.82) is 0 Å². The molecule has 0 fully saturated rings.